The van der Waals surface area contributed by atoms with Crippen LogP contribution in [0.4, 0.5) is 10.3 Å². The van der Waals surface area contributed by atoms with Gasteiger partial charge in [-0.2, -0.15) is 4.39 Å². The molecule has 1 fully saturated rings. The van der Waals surface area contributed by atoms with Gasteiger partial charge in [-0.15, -0.1) is 15.3 Å². The van der Waals surface area contributed by atoms with Crippen LogP contribution in [-0.2, 0) is 7.05 Å². The third-order valence-electron chi connectivity index (χ3n) is 5.95. The highest BCUT2D eigenvalue weighted by atomic mass is 19.1. The Balaban J connectivity index is 1.55. The van der Waals surface area contributed by atoms with Gasteiger partial charge in [0.2, 0.25) is 11.9 Å². The molecule has 170 valence electrons. The van der Waals surface area contributed by atoms with Crippen molar-refractivity contribution in [2.45, 2.75) is 57.7 Å². The Morgan fingerprint density at radius 3 is 2.34 bits per heavy atom. The Morgan fingerprint density at radius 1 is 1.12 bits per heavy atom. The van der Waals surface area contributed by atoms with Crippen molar-refractivity contribution in [3.8, 4) is 28.1 Å². The van der Waals surface area contributed by atoms with Crippen LogP contribution >= 0.6 is 0 Å². The van der Waals surface area contributed by atoms with E-state index in [-0.39, 0.29) is 22.9 Å². The van der Waals surface area contributed by atoms with Crippen LogP contribution in [0.5, 0.6) is 5.75 Å². The third kappa shape index (κ3) is 4.43. The first-order valence-corrected chi connectivity index (χ1v) is 10.7. The van der Waals surface area contributed by atoms with Gasteiger partial charge < -0.3 is 15.3 Å². The topological polar surface area (TPSA) is 92.0 Å². The molecular weight excluding hydrogens is 409 g/mol. The lowest BCUT2D eigenvalue weighted by atomic mass is 9.79. The number of aromatic hydroxyl groups is 1. The van der Waals surface area contributed by atoms with Crippen LogP contribution in [0.2, 0.25) is 0 Å². The number of phenols is 1. The third-order valence-corrected chi connectivity index (χ3v) is 5.95. The Kier molecular flexibility index (Phi) is 5.40. The number of aryl methyl sites for hydroxylation is 1. The summed E-state index contributed by atoms with van der Waals surface area (Å²) in [5.74, 6) is -0.0663. The van der Waals surface area contributed by atoms with E-state index in [0.29, 0.717) is 28.3 Å². The fraction of sp³-hybridized carbons (Fsp3) is 0.478. The molecule has 3 aromatic rings. The molecule has 32 heavy (non-hydrogen) atoms. The van der Waals surface area contributed by atoms with Gasteiger partial charge in [0.1, 0.15) is 11.4 Å². The van der Waals surface area contributed by atoms with E-state index < -0.39 is 5.95 Å². The van der Waals surface area contributed by atoms with Crippen molar-refractivity contribution >= 4 is 5.95 Å². The van der Waals surface area contributed by atoms with E-state index in [9.17, 15) is 9.50 Å². The lowest BCUT2D eigenvalue weighted by molar-refractivity contribution is 0.160. The molecule has 1 aliphatic heterocycles. The zero-order valence-electron chi connectivity index (χ0n) is 19.4. The molecule has 1 aliphatic rings. The molecule has 0 atom stereocenters. The van der Waals surface area contributed by atoms with E-state index in [0.717, 1.165) is 12.8 Å². The Hall–Kier alpha value is -3.07. The van der Waals surface area contributed by atoms with Crippen molar-refractivity contribution in [2.24, 2.45) is 7.05 Å². The molecule has 3 heterocycles. The lowest BCUT2D eigenvalue weighted by Gasteiger charge is -2.48. The van der Waals surface area contributed by atoms with Crippen LogP contribution in [0.1, 0.15) is 40.5 Å². The highest BCUT2D eigenvalue weighted by Crippen LogP contribution is 2.34. The number of benzene rings is 1. The molecule has 2 N–H and O–H groups in total. The van der Waals surface area contributed by atoms with Gasteiger partial charge in [-0.05, 0) is 58.2 Å². The number of aromatic nitrogens is 5. The normalized spacial score (nSPS) is 18.0. The number of piperidine rings is 1. The van der Waals surface area contributed by atoms with E-state index in [4.69, 9.17) is 0 Å². The molecule has 9 heteroatoms. The van der Waals surface area contributed by atoms with Crippen molar-refractivity contribution in [2.75, 3.05) is 11.9 Å². The maximum absolute atomic E-state index is 14.0. The minimum Gasteiger partial charge on any atom is -0.507 e. The largest absolute Gasteiger partial charge is 0.507 e. The second kappa shape index (κ2) is 7.81. The summed E-state index contributed by atoms with van der Waals surface area (Å²) in [6.07, 6.45) is 5.10. The van der Waals surface area contributed by atoms with Crippen LogP contribution in [0, 0.1) is 5.95 Å². The summed E-state index contributed by atoms with van der Waals surface area (Å²) in [4.78, 5) is 6.59. The van der Waals surface area contributed by atoms with Crippen molar-refractivity contribution in [3.05, 3.63) is 36.5 Å². The van der Waals surface area contributed by atoms with Crippen LogP contribution in [-0.4, -0.2) is 54.2 Å². The standard InChI is InChI=1S/C23H30FN7O/c1-22(2)10-15(11-23(3,4)29-22)31(6)21-25-12-18(26-27-21)16-8-7-14(9-19(16)32)17-13-30(5)28-20(17)24/h7-9,12-13,15,29,32H,10-11H2,1-6H3. The number of hydrogen-bond donors (Lipinski definition) is 2. The predicted octanol–water partition coefficient (Wildman–Crippen LogP) is 3.53. The number of hydrogen-bond acceptors (Lipinski definition) is 7. The summed E-state index contributed by atoms with van der Waals surface area (Å²) < 4.78 is 15.4. The van der Waals surface area contributed by atoms with Crippen molar-refractivity contribution in [1.82, 2.24) is 30.3 Å². The fourth-order valence-corrected chi connectivity index (χ4v) is 4.83. The maximum atomic E-state index is 14.0. The second-order valence-electron chi connectivity index (χ2n) is 9.95. The highest BCUT2D eigenvalue weighted by molar-refractivity contribution is 5.73. The zero-order chi connectivity index (χ0) is 23.3. The minimum atomic E-state index is -0.585. The maximum Gasteiger partial charge on any atom is 0.245 e. The summed E-state index contributed by atoms with van der Waals surface area (Å²) in [5, 5.41) is 26.6. The number of rotatable bonds is 4. The molecule has 0 bridgehead atoms. The molecule has 8 nitrogen and oxygen atoms in total. The molecule has 0 saturated carbocycles. The molecule has 0 amide bonds. The first-order chi connectivity index (χ1) is 14.9. The first kappa shape index (κ1) is 22.1. The molecule has 2 aromatic heterocycles. The zero-order valence-corrected chi connectivity index (χ0v) is 19.4. The van der Waals surface area contributed by atoms with Crippen LogP contribution in [0.3, 0.4) is 0 Å². The molecular formula is C23H30FN7O. The second-order valence-corrected chi connectivity index (χ2v) is 9.95. The molecule has 0 unspecified atom stereocenters. The fourth-order valence-electron chi connectivity index (χ4n) is 4.83. The average Bonchev–Trinajstić information content (AvgIpc) is 3.03. The number of phenolic OH excluding ortho intramolecular Hbond substituents is 1. The van der Waals surface area contributed by atoms with Crippen LogP contribution < -0.4 is 10.2 Å². The summed E-state index contributed by atoms with van der Waals surface area (Å²) >= 11 is 0. The molecule has 1 aromatic carbocycles. The van der Waals surface area contributed by atoms with E-state index in [1.165, 1.54) is 10.7 Å². The Labute approximate surface area is 187 Å². The summed E-state index contributed by atoms with van der Waals surface area (Å²) in [5.41, 5.74) is 1.80. The molecule has 0 spiro atoms. The molecule has 4 rings (SSSR count). The quantitative estimate of drug-likeness (QED) is 0.642. The predicted molar refractivity (Wildman–Crippen MR) is 122 cm³/mol. The van der Waals surface area contributed by atoms with E-state index >= 15 is 0 Å². The van der Waals surface area contributed by atoms with Crippen LogP contribution in [0.15, 0.2) is 30.6 Å². The monoisotopic (exact) mass is 439 g/mol. The van der Waals surface area contributed by atoms with Gasteiger partial charge in [0.15, 0.2) is 0 Å². The van der Waals surface area contributed by atoms with Crippen molar-refractivity contribution < 1.29 is 9.50 Å². The van der Waals surface area contributed by atoms with Gasteiger partial charge in [-0.3, -0.25) is 4.68 Å². The Morgan fingerprint density at radius 2 is 1.81 bits per heavy atom. The van der Waals surface area contributed by atoms with Crippen molar-refractivity contribution in [1.29, 1.82) is 0 Å². The van der Waals surface area contributed by atoms with Gasteiger partial charge in [0.25, 0.3) is 0 Å². The number of anilines is 1. The van der Waals surface area contributed by atoms with Gasteiger partial charge in [0, 0.05) is 43.0 Å². The number of nitrogens with one attached hydrogen (secondary N) is 1. The Bertz CT molecular complexity index is 1110. The number of nitrogens with zero attached hydrogens (tertiary/aromatic N) is 6. The lowest BCUT2D eigenvalue weighted by Crippen LogP contribution is -2.62. The SMILES string of the molecule is CN(c1ncc(-c2ccc(-c3cn(C)nc3F)cc2O)nn1)C1CC(C)(C)NC(C)(C)C1. The highest BCUT2D eigenvalue weighted by Gasteiger charge is 2.39. The first-order valence-electron chi connectivity index (χ1n) is 10.7. The van der Waals surface area contributed by atoms with E-state index in [1.807, 2.05) is 7.05 Å². The number of halogens is 1. The minimum absolute atomic E-state index is 0.00926. The van der Waals surface area contributed by atoms with Gasteiger partial charge in [-0.1, -0.05) is 6.07 Å². The summed E-state index contributed by atoms with van der Waals surface area (Å²) in [6.45, 7) is 8.84. The smallest absolute Gasteiger partial charge is 0.245 e. The average molecular weight is 440 g/mol. The van der Waals surface area contributed by atoms with Gasteiger partial charge >= 0.3 is 0 Å². The van der Waals surface area contributed by atoms with Gasteiger partial charge in [-0.25, -0.2) is 4.98 Å². The molecule has 0 aliphatic carbocycles. The molecule has 0 radical (unpaired) electrons. The van der Waals surface area contributed by atoms with Gasteiger partial charge in [0.05, 0.1) is 11.8 Å². The van der Waals surface area contributed by atoms with Crippen molar-refractivity contribution in [3.63, 3.8) is 0 Å². The van der Waals surface area contributed by atoms with Crippen LogP contribution in [0.25, 0.3) is 22.4 Å². The van der Waals surface area contributed by atoms with E-state index in [2.05, 4.69) is 58.2 Å². The molecule has 1 saturated heterocycles. The summed E-state index contributed by atoms with van der Waals surface area (Å²) in [6, 6.07) is 5.17. The van der Waals surface area contributed by atoms with E-state index in [1.54, 1.807) is 31.6 Å². The summed E-state index contributed by atoms with van der Waals surface area (Å²) in [7, 11) is 3.64.